The van der Waals surface area contributed by atoms with Crippen molar-refractivity contribution in [3.05, 3.63) is 35.9 Å². The third-order valence-electron chi connectivity index (χ3n) is 2.76. The van der Waals surface area contributed by atoms with Crippen LogP contribution in [-0.4, -0.2) is 6.98 Å². The Morgan fingerprint density at radius 3 is 1.92 bits per heavy atom. The second kappa shape index (κ2) is 2.53. The molecule has 0 aliphatic heterocycles. The highest BCUT2D eigenvalue weighted by molar-refractivity contribution is 6.63. The third-order valence-corrected chi connectivity index (χ3v) is 2.76. The number of rotatable bonds is 2. The van der Waals surface area contributed by atoms with Crippen LogP contribution in [-0.2, 0) is 5.31 Å². The molecule has 0 spiro atoms. The molecule has 0 heterocycles. The van der Waals surface area contributed by atoms with Crippen molar-refractivity contribution in [2.24, 2.45) is 0 Å². The van der Waals surface area contributed by atoms with Crippen molar-refractivity contribution < 1.29 is 12.9 Å². The zero-order valence-corrected chi connectivity index (χ0v) is 7.01. The summed E-state index contributed by atoms with van der Waals surface area (Å²) in [7, 11) is 0. The summed E-state index contributed by atoms with van der Waals surface area (Å²) >= 11 is 0. The lowest BCUT2D eigenvalue weighted by Gasteiger charge is -2.26. The van der Waals surface area contributed by atoms with E-state index < -0.39 is 12.3 Å². The summed E-state index contributed by atoms with van der Waals surface area (Å²) in [4.78, 5) is 0. The molecule has 1 aliphatic carbocycles. The summed E-state index contributed by atoms with van der Waals surface area (Å²) in [5.74, 6) is 0. The van der Waals surface area contributed by atoms with E-state index in [0.29, 0.717) is 5.56 Å². The quantitative estimate of drug-likeness (QED) is 0.621. The van der Waals surface area contributed by atoms with E-state index in [9.17, 15) is 12.9 Å². The Morgan fingerprint density at radius 1 is 1.00 bits per heavy atom. The summed E-state index contributed by atoms with van der Waals surface area (Å²) in [5.41, 5.74) is 0.433. The normalized spacial score (nSPS) is 19.9. The highest BCUT2D eigenvalue weighted by Crippen LogP contribution is 2.56. The van der Waals surface area contributed by atoms with Gasteiger partial charge in [0.15, 0.2) is 0 Å². The van der Waals surface area contributed by atoms with Gasteiger partial charge in [0.25, 0.3) is 0 Å². The summed E-state index contributed by atoms with van der Waals surface area (Å²) < 4.78 is 37.9. The monoisotopic (exact) mass is 185 g/mol. The van der Waals surface area contributed by atoms with Gasteiger partial charge in [0.05, 0.1) is 0 Å². The average molecular weight is 185 g/mol. The first-order valence-corrected chi connectivity index (χ1v) is 4.31. The fraction of sp³-hybridized carbons (Fsp3) is 0.333. The van der Waals surface area contributed by atoms with E-state index in [4.69, 9.17) is 0 Å². The van der Waals surface area contributed by atoms with Crippen LogP contribution < -0.4 is 0 Å². The fourth-order valence-electron chi connectivity index (χ4n) is 1.71. The van der Waals surface area contributed by atoms with Gasteiger partial charge in [0.2, 0.25) is 0 Å². The van der Waals surface area contributed by atoms with Gasteiger partial charge in [-0.1, -0.05) is 48.7 Å². The molecule has 13 heavy (non-hydrogen) atoms. The molecule has 0 bridgehead atoms. The molecule has 1 aromatic carbocycles. The molecule has 0 atom stereocenters. The van der Waals surface area contributed by atoms with Gasteiger partial charge in [-0.15, -0.1) is 0 Å². The van der Waals surface area contributed by atoms with Crippen LogP contribution in [0.4, 0.5) is 12.9 Å². The van der Waals surface area contributed by atoms with E-state index in [0.717, 1.165) is 0 Å². The largest absolute Gasteiger partial charge is 0.488 e. The lowest BCUT2D eigenvalue weighted by Crippen LogP contribution is -2.34. The maximum Gasteiger partial charge on any atom is 0.488 e. The van der Waals surface area contributed by atoms with Gasteiger partial charge in [0.1, 0.15) is 0 Å². The van der Waals surface area contributed by atoms with Crippen LogP contribution in [0.1, 0.15) is 18.4 Å². The molecule has 1 fully saturated rings. The first-order valence-electron chi connectivity index (χ1n) is 4.31. The fourth-order valence-corrected chi connectivity index (χ4v) is 1.71. The van der Waals surface area contributed by atoms with Crippen LogP contribution in [0, 0.1) is 0 Å². The molecule has 1 aliphatic rings. The predicted molar refractivity (Wildman–Crippen MR) is 46.4 cm³/mol. The third kappa shape index (κ3) is 1.24. The smallest absolute Gasteiger partial charge is 0.448 e. The van der Waals surface area contributed by atoms with E-state index in [1.165, 1.54) is 0 Å². The van der Waals surface area contributed by atoms with E-state index in [-0.39, 0.29) is 12.8 Å². The molecule has 1 aromatic rings. The first kappa shape index (κ1) is 8.66. The molecule has 0 radical (unpaired) electrons. The molecule has 0 aromatic heterocycles. The van der Waals surface area contributed by atoms with E-state index in [1.807, 2.05) is 0 Å². The highest BCUT2D eigenvalue weighted by atomic mass is 19.4. The Kier molecular flexibility index (Phi) is 1.69. The maximum absolute atomic E-state index is 12.6. The summed E-state index contributed by atoms with van der Waals surface area (Å²) in [6.07, 6.45) is 0.529. The summed E-state index contributed by atoms with van der Waals surface area (Å²) in [6, 6.07) is 8.21. The van der Waals surface area contributed by atoms with Crippen molar-refractivity contribution >= 4 is 6.98 Å². The number of hydrogen-bond donors (Lipinski definition) is 0. The van der Waals surface area contributed by atoms with Gasteiger partial charge in [-0.25, -0.2) is 0 Å². The molecule has 0 amide bonds. The molecule has 0 unspecified atom stereocenters. The first-order chi connectivity index (χ1) is 6.06. The molecule has 0 saturated heterocycles. The van der Waals surface area contributed by atoms with Crippen LogP contribution in [0.5, 0.6) is 0 Å². The van der Waals surface area contributed by atoms with Crippen LogP contribution in [0.2, 0.25) is 0 Å². The highest BCUT2D eigenvalue weighted by Gasteiger charge is 2.58. The van der Waals surface area contributed by atoms with Gasteiger partial charge in [-0.05, 0) is 5.31 Å². The van der Waals surface area contributed by atoms with Crippen molar-refractivity contribution in [1.29, 1.82) is 0 Å². The molecule has 0 nitrogen and oxygen atoms in total. The lowest BCUT2D eigenvalue weighted by atomic mass is 9.65. The minimum Gasteiger partial charge on any atom is -0.448 e. The average Bonchev–Trinajstić information content (AvgIpc) is 2.84. The molecule has 0 N–H and O–H groups in total. The minimum absolute atomic E-state index is 0.264. The summed E-state index contributed by atoms with van der Waals surface area (Å²) in [5, 5.41) is -1.46. The van der Waals surface area contributed by atoms with Gasteiger partial charge in [-0.2, -0.15) is 0 Å². The molecular weight excluding hydrogens is 176 g/mol. The van der Waals surface area contributed by atoms with Crippen molar-refractivity contribution in [3.63, 3.8) is 0 Å². The van der Waals surface area contributed by atoms with Gasteiger partial charge >= 0.3 is 6.98 Å². The number of hydrogen-bond acceptors (Lipinski definition) is 0. The van der Waals surface area contributed by atoms with Crippen LogP contribution in [0.15, 0.2) is 30.3 Å². The van der Waals surface area contributed by atoms with E-state index in [2.05, 4.69) is 0 Å². The SMILES string of the molecule is F[B-](F)(F)C1(c2ccccc2)CC1. The molecule has 4 heteroatoms. The number of benzene rings is 1. The van der Waals surface area contributed by atoms with Crippen molar-refractivity contribution in [2.45, 2.75) is 18.2 Å². The van der Waals surface area contributed by atoms with Crippen molar-refractivity contribution in [1.82, 2.24) is 0 Å². The maximum atomic E-state index is 12.6. The second-order valence-electron chi connectivity index (χ2n) is 3.60. The van der Waals surface area contributed by atoms with Crippen molar-refractivity contribution in [2.75, 3.05) is 0 Å². The molecule has 1 saturated carbocycles. The summed E-state index contributed by atoms with van der Waals surface area (Å²) in [6.45, 7) is -4.73. The Hall–Kier alpha value is -0.925. The zero-order chi connectivity index (χ0) is 9.53. The topological polar surface area (TPSA) is 0 Å². The predicted octanol–water partition coefficient (Wildman–Crippen LogP) is 3.10. The zero-order valence-electron chi connectivity index (χ0n) is 7.01. The second-order valence-corrected chi connectivity index (χ2v) is 3.60. The van der Waals surface area contributed by atoms with Gasteiger partial charge < -0.3 is 12.9 Å². The molecule has 2 rings (SSSR count). The van der Waals surface area contributed by atoms with Crippen LogP contribution in [0.25, 0.3) is 0 Å². The molecule has 70 valence electrons. The van der Waals surface area contributed by atoms with E-state index >= 15 is 0 Å². The lowest BCUT2D eigenvalue weighted by molar-refractivity contribution is 0.431. The number of halogens is 3. The Labute approximate surface area is 74.8 Å². The van der Waals surface area contributed by atoms with Crippen molar-refractivity contribution in [3.8, 4) is 0 Å². The standard InChI is InChI=1S/C9H9BF3/c11-10(12,13)9(6-7-9)8-4-2-1-3-5-8/h1-5H,6-7H2/q-1. The van der Waals surface area contributed by atoms with Crippen LogP contribution in [0.3, 0.4) is 0 Å². The van der Waals surface area contributed by atoms with Gasteiger partial charge in [0, 0.05) is 0 Å². The Balaban J connectivity index is 2.37. The molecular formula is C9H9BF3-. The Bertz CT molecular complexity index is 300. The minimum atomic E-state index is -4.73. The van der Waals surface area contributed by atoms with Gasteiger partial charge in [-0.3, -0.25) is 0 Å². The Morgan fingerprint density at radius 2 is 1.54 bits per heavy atom. The van der Waals surface area contributed by atoms with Crippen LogP contribution >= 0.6 is 0 Å². The van der Waals surface area contributed by atoms with E-state index in [1.54, 1.807) is 30.3 Å².